The van der Waals surface area contributed by atoms with Crippen LogP contribution in [0.5, 0.6) is 0 Å². The van der Waals surface area contributed by atoms with Gasteiger partial charge in [0.25, 0.3) is 0 Å². The SMILES string of the molecule is CC(=O)N1CCCC(O)(CN)C1. The number of nitrogens with two attached hydrogens (primary N) is 1. The number of aliphatic hydroxyl groups is 1. The van der Waals surface area contributed by atoms with E-state index in [1.54, 1.807) is 4.90 Å². The molecule has 0 aromatic rings. The largest absolute Gasteiger partial charge is 0.387 e. The van der Waals surface area contributed by atoms with Crippen LogP contribution in [0.2, 0.25) is 0 Å². The molecule has 4 heteroatoms. The topological polar surface area (TPSA) is 66.6 Å². The van der Waals surface area contributed by atoms with E-state index in [1.165, 1.54) is 6.92 Å². The lowest BCUT2D eigenvalue weighted by Gasteiger charge is -2.37. The number of carbonyl (C=O) groups is 1. The summed E-state index contributed by atoms with van der Waals surface area (Å²) >= 11 is 0. The van der Waals surface area contributed by atoms with Crippen molar-refractivity contribution in [3.05, 3.63) is 0 Å². The van der Waals surface area contributed by atoms with Gasteiger partial charge in [-0.15, -0.1) is 0 Å². The minimum absolute atomic E-state index is 0.0153. The first kappa shape index (κ1) is 9.48. The number of nitrogens with zero attached hydrogens (tertiary/aromatic N) is 1. The number of carbonyl (C=O) groups excluding carboxylic acids is 1. The molecule has 0 bridgehead atoms. The number of piperidine rings is 1. The van der Waals surface area contributed by atoms with Crippen molar-refractivity contribution in [1.82, 2.24) is 4.90 Å². The van der Waals surface area contributed by atoms with Crippen molar-refractivity contribution in [1.29, 1.82) is 0 Å². The van der Waals surface area contributed by atoms with Crippen molar-refractivity contribution < 1.29 is 9.90 Å². The van der Waals surface area contributed by atoms with Gasteiger partial charge in [-0.25, -0.2) is 0 Å². The monoisotopic (exact) mass is 172 g/mol. The minimum Gasteiger partial charge on any atom is -0.387 e. The Morgan fingerprint density at radius 1 is 1.75 bits per heavy atom. The maximum atomic E-state index is 11.0. The number of hydrogen-bond acceptors (Lipinski definition) is 3. The van der Waals surface area contributed by atoms with Gasteiger partial charge in [-0.1, -0.05) is 0 Å². The van der Waals surface area contributed by atoms with Crippen molar-refractivity contribution in [3.8, 4) is 0 Å². The first-order valence-electron chi connectivity index (χ1n) is 4.25. The Balaban J connectivity index is 2.57. The van der Waals surface area contributed by atoms with E-state index in [-0.39, 0.29) is 12.5 Å². The lowest BCUT2D eigenvalue weighted by molar-refractivity contribution is -0.135. The summed E-state index contributed by atoms with van der Waals surface area (Å²) in [5.41, 5.74) is 4.57. The second-order valence-corrected chi connectivity index (χ2v) is 3.47. The highest BCUT2D eigenvalue weighted by atomic mass is 16.3. The molecular formula is C8H16N2O2. The Labute approximate surface area is 72.3 Å². The average Bonchev–Trinajstić information content (AvgIpc) is 2.05. The number of β-amino-alcohol motifs (C(OH)–C–C–N with tert-alkyl or cyclic N) is 1. The Morgan fingerprint density at radius 2 is 2.42 bits per heavy atom. The summed E-state index contributed by atoms with van der Waals surface area (Å²) in [6.45, 7) is 2.88. The summed E-state index contributed by atoms with van der Waals surface area (Å²) in [6, 6.07) is 0. The summed E-state index contributed by atoms with van der Waals surface area (Å²) < 4.78 is 0. The lowest BCUT2D eigenvalue weighted by atomic mass is 9.93. The molecule has 0 aliphatic carbocycles. The van der Waals surface area contributed by atoms with Gasteiger partial charge in [0.15, 0.2) is 0 Å². The highest BCUT2D eigenvalue weighted by molar-refractivity contribution is 5.73. The summed E-state index contributed by atoms with van der Waals surface area (Å²) in [7, 11) is 0. The molecule has 1 unspecified atom stereocenters. The van der Waals surface area contributed by atoms with Gasteiger partial charge in [-0.05, 0) is 12.8 Å². The zero-order valence-electron chi connectivity index (χ0n) is 7.42. The summed E-state index contributed by atoms with van der Waals surface area (Å²) in [4.78, 5) is 12.6. The number of hydrogen-bond donors (Lipinski definition) is 2. The van der Waals surface area contributed by atoms with Crippen LogP contribution in [0.25, 0.3) is 0 Å². The normalized spacial score (nSPS) is 30.4. The Morgan fingerprint density at radius 3 is 2.92 bits per heavy atom. The van der Waals surface area contributed by atoms with E-state index >= 15 is 0 Å². The molecule has 70 valence electrons. The van der Waals surface area contributed by atoms with E-state index in [2.05, 4.69) is 0 Å². The molecule has 1 rings (SSSR count). The van der Waals surface area contributed by atoms with E-state index in [0.29, 0.717) is 13.0 Å². The van der Waals surface area contributed by atoms with E-state index in [1.807, 2.05) is 0 Å². The molecule has 0 aromatic heterocycles. The molecule has 3 N–H and O–H groups in total. The van der Waals surface area contributed by atoms with E-state index < -0.39 is 5.60 Å². The van der Waals surface area contributed by atoms with Crippen LogP contribution in [-0.2, 0) is 4.79 Å². The van der Waals surface area contributed by atoms with Crippen LogP contribution in [0.1, 0.15) is 19.8 Å². The molecule has 0 aromatic carbocycles. The Hall–Kier alpha value is -0.610. The minimum atomic E-state index is -0.843. The van der Waals surface area contributed by atoms with Crippen LogP contribution in [0.15, 0.2) is 0 Å². The Bertz CT molecular complexity index is 184. The molecule has 1 heterocycles. The van der Waals surface area contributed by atoms with Gasteiger partial charge < -0.3 is 15.7 Å². The van der Waals surface area contributed by atoms with Gasteiger partial charge in [0, 0.05) is 20.0 Å². The van der Waals surface area contributed by atoms with Gasteiger partial charge >= 0.3 is 0 Å². The third kappa shape index (κ3) is 1.95. The third-order valence-electron chi connectivity index (χ3n) is 2.38. The zero-order valence-corrected chi connectivity index (χ0v) is 7.42. The van der Waals surface area contributed by atoms with Crippen LogP contribution in [-0.4, -0.2) is 41.1 Å². The van der Waals surface area contributed by atoms with Gasteiger partial charge in [-0.2, -0.15) is 0 Å². The van der Waals surface area contributed by atoms with Crippen LogP contribution in [0, 0.1) is 0 Å². The summed E-state index contributed by atoms with van der Waals surface area (Å²) in [5, 5.41) is 9.78. The maximum absolute atomic E-state index is 11.0. The lowest BCUT2D eigenvalue weighted by Crippen LogP contribution is -2.53. The fourth-order valence-electron chi connectivity index (χ4n) is 1.55. The molecule has 1 saturated heterocycles. The fourth-order valence-corrected chi connectivity index (χ4v) is 1.55. The second-order valence-electron chi connectivity index (χ2n) is 3.47. The van der Waals surface area contributed by atoms with Crippen molar-refractivity contribution >= 4 is 5.91 Å². The highest BCUT2D eigenvalue weighted by Gasteiger charge is 2.32. The fraction of sp³-hybridized carbons (Fsp3) is 0.875. The van der Waals surface area contributed by atoms with E-state index in [4.69, 9.17) is 5.73 Å². The molecule has 12 heavy (non-hydrogen) atoms. The van der Waals surface area contributed by atoms with E-state index in [9.17, 15) is 9.90 Å². The summed E-state index contributed by atoms with van der Waals surface area (Å²) in [5.74, 6) is 0.0153. The predicted octanol–water partition coefficient (Wildman–Crippen LogP) is -0.681. The molecule has 0 saturated carbocycles. The van der Waals surface area contributed by atoms with Crippen LogP contribution in [0.4, 0.5) is 0 Å². The van der Waals surface area contributed by atoms with Gasteiger partial charge in [0.05, 0.1) is 12.1 Å². The number of likely N-dealkylation sites (tertiary alicyclic amines) is 1. The smallest absolute Gasteiger partial charge is 0.219 e. The standard InChI is InChI=1S/C8H16N2O2/c1-7(11)10-4-2-3-8(12,5-9)6-10/h12H,2-6,9H2,1H3. The molecular weight excluding hydrogens is 156 g/mol. The molecule has 1 amide bonds. The van der Waals surface area contributed by atoms with Crippen LogP contribution >= 0.6 is 0 Å². The maximum Gasteiger partial charge on any atom is 0.219 e. The van der Waals surface area contributed by atoms with E-state index in [0.717, 1.165) is 13.0 Å². The third-order valence-corrected chi connectivity index (χ3v) is 2.38. The average molecular weight is 172 g/mol. The van der Waals surface area contributed by atoms with Crippen LogP contribution in [0.3, 0.4) is 0 Å². The van der Waals surface area contributed by atoms with Gasteiger partial charge in [0.2, 0.25) is 5.91 Å². The van der Waals surface area contributed by atoms with Gasteiger partial charge in [-0.3, -0.25) is 4.79 Å². The second kappa shape index (κ2) is 3.41. The van der Waals surface area contributed by atoms with Crippen molar-refractivity contribution in [2.45, 2.75) is 25.4 Å². The molecule has 1 aliphatic rings. The van der Waals surface area contributed by atoms with Crippen molar-refractivity contribution in [3.63, 3.8) is 0 Å². The highest BCUT2D eigenvalue weighted by Crippen LogP contribution is 2.19. The van der Waals surface area contributed by atoms with Crippen LogP contribution < -0.4 is 5.73 Å². The quantitative estimate of drug-likeness (QED) is 0.550. The number of rotatable bonds is 1. The molecule has 0 radical (unpaired) electrons. The van der Waals surface area contributed by atoms with Gasteiger partial charge in [0.1, 0.15) is 0 Å². The molecule has 4 nitrogen and oxygen atoms in total. The Kier molecular flexibility index (Phi) is 2.69. The molecule has 0 spiro atoms. The van der Waals surface area contributed by atoms with Crippen molar-refractivity contribution in [2.24, 2.45) is 5.73 Å². The zero-order chi connectivity index (χ0) is 9.19. The molecule has 1 fully saturated rings. The molecule has 1 atom stereocenters. The first-order chi connectivity index (χ1) is 5.57. The molecule has 1 aliphatic heterocycles. The summed E-state index contributed by atoms with van der Waals surface area (Å²) in [6.07, 6.45) is 1.54. The predicted molar refractivity (Wildman–Crippen MR) is 45.5 cm³/mol. The first-order valence-corrected chi connectivity index (χ1v) is 4.25. The number of amides is 1. The van der Waals surface area contributed by atoms with Crippen molar-refractivity contribution in [2.75, 3.05) is 19.6 Å².